The van der Waals surface area contributed by atoms with Crippen LogP contribution in [-0.2, 0) is 0 Å². The van der Waals surface area contributed by atoms with Crippen LogP contribution < -0.4 is 5.32 Å². The Kier molecular flexibility index (Phi) is 3.58. The number of benzene rings is 1. The fourth-order valence-corrected chi connectivity index (χ4v) is 2.97. The first kappa shape index (κ1) is 12.7. The maximum Gasteiger partial charge on any atom is 0.0456 e. The van der Waals surface area contributed by atoms with Crippen LogP contribution in [-0.4, -0.2) is 42.6 Å². The first-order valence-electron chi connectivity index (χ1n) is 7.25. The van der Waals surface area contributed by atoms with Crippen LogP contribution in [0, 0.1) is 6.92 Å². The summed E-state index contributed by atoms with van der Waals surface area (Å²) in [5.41, 5.74) is 4.04. The number of fused-ring (bicyclic) bond motifs is 1. The van der Waals surface area contributed by atoms with E-state index >= 15 is 0 Å². The van der Waals surface area contributed by atoms with Crippen LogP contribution in [0.2, 0.25) is 0 Å². The summed E-state index contributed by atoms with van der Waals surface area (Å²) in [7, 11) is 0. The Morgan fingerprint density at radius 1 is 1.26 bits per heavy atom. The number of hydrogen-bond acceptors (Lipinski definition) is 2. The highest BCUT2D eigenvalue weighted by atomic mass is 15.2. The number of H-pyrrole nitrogens is 1. The molecule has 0 bridgehead atoms. The van der Waals surface area contributed by atoms with E-state index in [0.29, 0.717) is 5.92 Å². The molecule has 19 heavy (non-hydrogen) atoms. The van der Waals surface area contributed by atoms with Crippen molar-refractivity contribution in [3.63, 3.8) is 0 Å². The Labute approximate surface area is 115 Å². The zero-order valence-corrected chi connectivity index (χ0v) is 11.9. The summed E-state index contributed by atoms with van der Waals surface area (Å²) in [6, 6.07) is 6.84. The van der Waals surface area contributed by atoms with Gasteiger partial charge in [0.05, 0.1) is 0 Å². The molecule has 1 saturated heterocycles. The average molecular weight is 257 g/mol. The van der Waals surface area contributed by atoms with Crippen molar-refractivity contribution in [1.82, 2.24) is 15.2 Å². The molecule has 0 amide bonds. The van der Waals surface area contributed by atoms with Gasteiger partial charge in [0.15, 0.2) is 0 Å². The lowest BCUT2D eigenvalue weighted by atomic mass is 9.98. The number of nitrogens with zero attached hydrogens (tertiary/aromatic N) is 1. The highest BCUT2D eigenvalue weighted by Crippen LogP contribution is 2.24. The van der Waals surface area contributed by atoms with Crippen LogP contribution in [0.25, 0.3) is 10.9 Å². The zero-order chi connectivity index (χ0) is 13.2. The van der Waals surface area contributed by atoms with E-state index < -0.39 is 0 Å². The van der Waals surface area contributed by atoms with Crippen LogP contribution >= 0.6 is 0 Å². The molecular weight excluding hydrogens is 234 g/mol. The SMILES string of the molecule is Cc1c[nH]c2ccc(C(C)CN3CCNCC3)cc12. The Hall–Kier alpha value is -1.32. The number of nitrogens with one attached hydrogen (secondary N) is 2. The van der Waals surface area contributed by atoms with Crippen molar-refractivity contribution < 1.29 is 0 Å². The molecule has 2 aromatic rings. The quantitative estimate of drug-likeness (QED) is 0.885. The van der Waals surface area contributed by atoms with Gasteiger partial charge in [-0.25, -0.2) is 0 Å². The standard InChI is InChI=1S/C16H23N3/c1-12-10-18-16-4-3-14(9-15(12)16)13(2)11-19-7-5-17-6-8-19/h3-4,9-10,13,17-18H,5-8,11H2,1-2H3. The molecule has 3 nitrogen and oxygen atoms in total. The van der Waals surface area contributed by atoms with Gasteiger partial charge in [-0.15, -0.1) is 0 Å². The molecule has 2 N–H and O–H groups in total. The Morgan fingerprint density at radius 3 is 2.84 bits per heavy atom. The lowest BCUT2D eigenvalue weighted by Gasteiger charge is -2.29. The van der Waals surface area contributed by atoms with Crippen LogP contribution in [0.3, 0.4) is 0 Å². The van der Waals surface area contributed by atoms with Gasteiger partial charge in [0.25, 0.3) is 0 Å². The zero-order valence-electron chi connectivity index (χ0n) is 11.9. The van der Waals surface area contributed by atoms with Crippen molar-refractivity contribution in [2.45, 2.75) is 19.8 Å². The molecule has 1 fully saturated rings. The van der Waals surface area contributed by atoms with Crippen molar-refractivity contribution in [3.05, 3.63) is 35.5 Å². The highest BCUT2D eigenvalue weighted by molar-refractivity contribution is 5.83. The normalized spacial score (nSPS) is 18.8. The number of aromatic amines is 1. The second-order valence-electron chi connectivity index (χ2n) is 5.73. The molecule has 3 rings (SSSR count). The minimum atomic E-state index is 0.594. The van der Waals surface area contributed by atoms with Gasteiger partial charge < -0.3 is 15.2 Å². The molecule has 1 unspecified atom stereocenters. The third-order valence-corrected chi connectivity index (χ3v) is 4.22. The van der Waals surface area contributed by atoms with E-state index in [9.17, 15) is 0 Å². The summed E-state index contributed by atoms with van der Waals surface area (Å²) >= 11 is 0. The Bertz CT molecular complexity index is 552. The van der Waals surface area contributed by atoms with Crippen LogP contribution in [0.4, 0.5) is 0 Å². The van der Waals surface area contributed by atoms with Crippen molar-refractivity contribution in [1.29, 1.82) is 0 Å². The first-order chi connectivity index (χ1) is 9.24. The van der Waals surface area contributed by atoms with Crippen molar-refractivity contribution in [2.75, 3.05) is 32.7 Å². The molecule has 102 valence electrons. The molecule has 1 aromatic carbocycles. The van der Waals surface area contributed by atoms with E-state index in [2.05, 4.69) is 53.4 Å². The molecule has 1 aliphatic rings. The van der Waals surface area contributed by atoms with Crippen LogP contribution in [0.5, 0.6) is 0 Å². The van der Waals surface area contributed by atoms with Gasteiger partial charge >= 0.3 is 0 Å². The second kappa shape index (κ2) is 5.35. The molecule has 0 aliphatic carbocycles. The first-order valence-corrected chi connectivity index (χ1v) is 7.25. The molecule has 1 aromatic heterocycles. The predicted molar refractivity (Wildman–Crippen MR) is 80.8 cm³/mol. The van der Waals surface area contributed by atoms with Gasteiger partial charge in [0.1, 0.15) is 0 Å². The topological polar surface area (TPSA) is 31.1 Å². The average Bonchev–Trinajstić information content (AvgIpc) is 2.81. The fraction of sp³-hybridized carbons (Fsp3) is 0.500. The predicted octanol–water partition coefficient (Wildman–Crippen LogP) is 2.49. The minimum absolute atomic E-state index is 0.594. The van der Waals surface area contributed by atoms with E-state index in [1.165, 1.54) is 35.1 Å². The van der Waals surface area contributed by atoms with Gasteiger partial charge in [0.2, 0.25) is 0 Å². The summed E-state index contributed by atoms with van der Waals surface area (Å²) in [5, 5.41) is 4.78. The minimum Gasteiger partial charge on any atom is -0.361 e. The smallest absolute Gasteiger partial charge is 0.0456 e. The molecule has 2 heterocycles. The summed E-state index contributed by atoms with van der Waals surface area (Å²) < 4.78 is 0. The Balaban J connectivity index is 1.76. The third kappa shape index (κ3) is 2.67. The number of aryl methyl sites for hydroxylation is 1. The molecular formula is C16H23N3. The number of piperazine rings is 1. The van der Waals surface area contributed by atoms with Gasteiger partial charge in [0, 0.05) is 49.8 Å². The van der Waals surface area contributed by atoms with Gasteiger partial charge in [-0.05, 0) is 36.1 Å². The van der Waals surface area contributed by atoms with Gasteiger partial charge in [-0.1, -0.05) is 13.0 Å². The van der Waals surface area contributed by atoms with Gasteiger partial charge in [-0.3, -0.25) is 0 Å². The monoisotopic (exact) mass is 257 g/mol. The lowest BCUT2D eigenvalue weighted by Crippen LogP contribution is -2.44. The molecule has 0 saturated carbocycles. The number of rotatable bonds is 3. The summed E-state index contributed by atoms with van der Waals surface area (Å²) in [4.78, 5) is 5.88. The summed E-state index contributed by atoms with van der Waals surface area (Å²) in [6.45, 7) is 10.3. The van der Waals surface area contributed by atoms with Crippen LogP contribution in [0.1, 0.15) is 24.0 Å². The third-order valence-electron chi connectivity index (χ3n) is 4.22. The highest BCUT2D eigenvalue weighted by Gasteiger charge is 2.15. The fourth-order valence-electron chi connectivity index (χ4n) is 2.97. The summed E-state index contributed by atoms with van der Waals surface area (Å²) in [5.74, 6) is 0.594. The number of hydrogen-bond donors (Lipinski definition) is 2. The maximum atomic E-state index is 3.41. The molecule has 1 atom stereocenters. The molecule has 0 spiro atoms. The largest absolute Gasteiger partial charge is 0.361 e. The van der Waals surface area contributed by atoms with E-state index in [4.69, 9.17) is 0 Å². The van der Waals surface area contributed by atoms with Crippen molar-refractivity contribution >= 4 is 10.9 Å². The second-order valence-corrected chi connectivity index (χ2v) is 5.73. The van der Waals surface area contributed by atoms with Gasteiger partial charge in [-0.2, -0.15) is 0 Å². The summed E-state index contributed by atoms with van der Waals surface area (Å²) in [6.07, 6.45) is 2.09. The molecule has 1 aliphatic heterocycles. The maximum absolute atomic E-state index is 3.41. The van der Waals surface area contributed by atoms with E-state index in [1.807, 2.05) is 0 Å². The van der Waals surface area contributed by atoms with Crippen molar-refractivity contribution in [3.8, 4) is 0 Å². The van der Waals surface area contributed by atoms with E-state index in [-0.39, 0.29) is 0 Å². The van der Waals surface area contributed by atoms with Crippen molar-refractivity contribution in [2.24, 2.45) is 0 Å². The van der Waals surface area contributed by atoms with E-state index in [1.54, 1.807) is 0 Å². The molecule has 3 heteroatoms. The number of aromatic nitrogens is 1. The molecule has 0 radical (unpaired) electrons. The Morgan fingerprint density at radius 2 is 2.05 bits per heavy atom. The van der Waals surface area contributed by atoms with Crippen LogP contribution in [0.15, 0.2) is 24.4 Å². The van der Waals surface area contributed by atoms with E-state index in [0.717, 1.165) is 19.6 Å². The lowest BCUT2D eigenvalue weighted by molar-refractivity contribution is 0.230.